The predicted molar refractivity (Wildman–Crippen MR) is 90.9 cm³/mol. The number of benzene rings is 2. The number of hydrogen-bond acceptors (Lipinski definition) is 4. The monoisotopic (exact) mass is 331 g/mol. The van der Waals surface area contributed by atoms with Crippen molar-refractivity contribution >= 4 is 9.84 Å². The third-order valence-electron chi connectivity index (χ3n) is 4.45. The van der Waals surface area contributed by atoms with Crippen molar-refractivity contribution in [1.29, 1.82) is 0 Å². The first-order valence-electron chi connectivity index (χ1n) is 7.68. The van der Waals surface area contributed by atoms with Crippen molar-refractivity contribution in [3.8, 4) is 0 Å². The summed E-state index contributed by atoms with van der Waals surface area (Å²) < 4.78 is 23.7. The highest BCUT2D eigenvalue weighted by Crippen LogP contribution is 2.32. The van der Waals surface area contributed by atoms with Gasteiger partial charge in [0, 0.05) is 0 Å². The molecule has 1 saturated heterocycles. The van der Waals surface area contributed by atoms with E-state index in [-0.39, 0.29) is 17.5 Å². The fraction of sp³-hybridized carbons (Fsp3) is 0.333. The lowest BCUT2D eigenvalue weighted by Crippen LogP contribution is -2.43. The lowest BCUT2D eigenvalue weighted by atomic mass is 9.95. The Kier molecular flexibility index (Phi) is 4.53. The van der Waals surface area contributed by atoms with Crippen LogP contribution in [0.15, 0.2) is 60.7 Å². The molecule has 0 aromatic heterocycles. The molecule has 4 nitrogen and oxygen atoms in total. The van der Waals surface area contributed by atoms with E-state index in [1.807, 2.05) is 72.6 Å². The lowest BCUT2D eigenvalue weighted by molar-refractivity contribution is 0.0830. The second-order valence-electron chi connectivity index (χ2n) is 6.10. The molecule has 2 atom stereocenters. The molecule has 2 aromatic rings. The summed E-state index contributed by atoms with van der Waals surface area (Å²) in [6, 6.07) is 19.4. The highest BCUT2D eigenvalue weighted by molar-refractivity contribution is 7.91. The average Bonchev–Trinajstić information content (AvgIpc) is 2.82. The van der Waals surface area contributed by atoms with Crippen molar-refractivity contribution in [2.45, 2.75) is 18.2 Å². The van der Waals surface area contributed by atoms with Crippen LogP contribution in [0.3, 0.4) is 0 Å². The average molecular weight is 331 g/mol. The van der Waals surface area contributed by atoms with Gasteiger partial charge in [-0.3, -0.25) is 4.90 Å². The molecule has 23 heavy (non-hydrogen) atoms. The van der Waals surface area contributed by atoms with Gasteiger partial charge in [-0.1, -0.05) is 60.7 Å². The van der Waals surface area contributed by atoms with Crippen molar-refractivity contribution in [3.63, 3.8) is 0 Å². The maximum atomic E-state index is 11.9. The van der Waals surface area contributed by atoms with Gasteiger partial charge in [-0.05, 0) is 18.2 Å². The van der Waals surface area contributed by atoms with Gasteiger partial charge in [-0.15, -0.1) is 0 Å². The van der Waals surface area contributed by atoms with E-state index in [0.29, 0.717) is 0 Å². The van der Waals surface area contributed by atoms with Crippen LogP contribution in [0.4, 0.5) is 0 Å². The zero-order valence-corrected chi connectivity index (χ0v) is 13.9. The molecule has 0 aliphatic carbocycles. The maximum Gasteiger partial charge on any atom is 0.154 e. The van der Waals surface area contributed by atoms with E-state index < -0.39 is 22.0 Å². The summed E-state index contributed by atoms with van der Waals surface area (Å²) in [5, 5.41) is 10.2. The van der Waals surface area contributed by atoms with Gasteiger partial charge in [-0.25, -0.2) is 8.42 Å². The van der Waals surface area contributed by atoms with Crippen LogP contribution in [0.25, 0.3) is 0 Å². The summed E-state index contributed by atoms with van der Waals surface area (Å²) in [6.45, 7) is 0. The third kappa shape index (κ3) is 3.47. The predicted octanol–water partition coefficient (Wildman–Crippen LogP) is 1.87. The smallest absolute Gasteiger partial charge is 0.154 e. The standard InChI is InChI=1S/C18H21NO3S/c1-19(16-12-23(21,22)13-17(16)20)18(14-8-4-2-5-9-14)15-10-6-3-7-11-15/h2-11,16-18,20H,12-13H2,1H3/t16-,17-/m0/s1. The van der Waals surface area contributed by atoms with E-state index in [4.69, 9.17) is 0 Å². The number of rotatable bonds is 4. The molecule has 5 heteroatoms. The minimum atomic E-state index is -3.18. The zero-order chi connectivity index (χ0) is 16.4. The topological polar surface area (TPSA) is 57.6 Å². The molecule has 2 aromatic carbocycles. The molecule has 1 aliphatic rings. The van der Waals surface area contributed by atoms with Crippen LogP contribution in [-0.4, -0.2) is 49.1 Å². The second-order valence-corrected chi connectivity index (χ2v) is 8.25. The molecule has 1 N–H and O–H groups in total. The fourth-order valence-corrected chi connectivity index (χ4v) is 5.18. The highest BCUT2D eigenvalue weighted by Gasteiger charge is 2.41. The van der Waals surface area contributed by atoms with Gasteiger partial charge in [0.25, 0.3) is 0 Å². The number of nitrogens with zero attached hydrogens (tertiary/aromatic N) is 1. The molecule has 3 rings (SSSR count). The number of sulfone groups is 1. The van der Waals surface area contributed by atoms with Crippen LogP contribution >= 0.6 is 0 Å². The quantitative estimate of drug-likeness (QED) is 0.929. The Bertz CT molecular complexity index is 707. The minimum Gasteiger partial charge on any atom is -0.390 e. The maximum absolute atomic E-state index is 11.9. The molecule has 0 amide bonds. The van der Waals surface area contributed by atoms with Crippen molar-refractivity contribution < 1.29 is 13.5 Å². The van der Waals surface area contributed by atoms with Crippen molar-refractivity contribution in [1.82, 2.24) is 4.90 Å². The zero-order valence-electron chi connectivity index (χ0n) is 13.0. The Balaban J connectivity index is 1.99. The van der Waals surface area contributed by atoms with E-state index in [9.17, 15) is 13.5 Å². The SMILES string of the molecule is CN(C(c1ccccc1)c1ccccc1)[C@H]1CS(=O)(=O)C[C@@H]1O. The van der Waals surface area contributed by atoms with Crippen molar-refractivity contribution in [2.75, 3.05) is 18.6 Å². The molecule has 0 radical (unpaired) electrons. The molecule has 122 valence electrons. The molecule has 0 unspecified atom stereocenters. The first-order chi connectivity index (χ1) is 11.0. The van der Waals surface area contributed by atoms with Gasteiger partial charge < -0.3 is 5.11 Å². The summed E-state index contributed by atoms with van der Waals surface area (Å²) in [4.78, 5) is 1.99. The van der Waals surface area contributed by atoms with E-state index in [1.54, 1.807) is 0 Å². The Labute approximate surface area is 137 Å². The summed E-state index contributed by atoms with van der Waals surface area (Å²) in [5.41, 5.74) is 2.16. The van der Waals surface area contributed by atoms with Crippen LogP contribution in [0.1, 0.15) is 17.2 Å². The summed E-state index contributed by atoms with van der Waals surface area (Å²) in [7, 11) is -1.29. The van der Waals surface area contributed by atoms with Crippen molar-refractivity contribution in [3.05, 3.63) is 71.8 Å². The Morgan fingerprint density at radius 2 is 1.43 bits per heavy atom. The van der Waals surface area contributed by atoms with Gasteiger partial charge in [-0.2, -0.15) is 0 Å². The number of aliphatic hydroxyl groups excluding tert-OH is 1. The normalized spacial score (nSPS) is 23.5. The van der Waals surface area contributed by atoms with E-state index in [2.05, 4.69) is 0 Å². The highest BCUT2D eigenvalue weighted by atomic mass is 32.2. The third-order valence-corrected chi connectivity index (χ3v) is 6.15. The summed E-state index contributed by atoms with van der Waals surface area (Å²) in [6.07, 6.45) is -0.847. The van der Waals surface area contributed by atoms with Gasteiger partial charge in [0.2, 0.25) is 0 Å². The molecular formula is C18H21NO3S. The van der Waals surface area contributed by atoms with Gasteiger partial charge in [0.15, 0.2) is 9.84 Å². The van der Waals surface area contributed by atoms with Crippen LogP contribution in [0, 0.1) is 0 Å². The molecule has 0 saturated carbocycles. The van der Waals surface area contributed by atoms with Crippen LogP contribution in [-0.2, 0) is 9.84 Å². The molecular weight excluding hydrogens is 310 g/mol. The summed E-state index contributed by atoms with van der Waals surface area (Å²) >= 11 is 0. The Morgan fingerprint density at radius 3 is 1.83 bits per heavy atom. The first kappa shape index (κ1) is 16.2. The van der Waals surface area contributed by atoms with Crippen molar-refractivity contribution in [2.24, 2.45) is 0 Å². The van der Waals surface area contributed by atoms with Crippen LogP contribution in [0.5, 0.6) is 0 Å². The molecule has 1 fully saturated rings. The Morgan fingerprint density at radius 1 is 0.957 bits per heavy atom. The largest absolute Gasteiger partial charge is 0.390 e. The van der Waals surface area contributed by atoms with E-state index >= 15 is 0 Å². The first-order valence-corrected chi connectivity index (χ1v) is 9.50. The number of hydrogen-bond donors (Lipinski definition) is 1. The number of likely N-dealkylation sites (N-methyl/N-ethyl adjacent to an activating group) is 1. The molecule has 1 heterocycles. The Hall–Kier alpha value is -1.69. The lowest BCUT2D eigenvalue weighted by Gasteiger charge is -2.34. The van der Waals surface area contributed by atoms with Gasteiger partial charge >= 0.3 is 0 Å². The van der Waals surface area contributed by atoms with Gasteiger partial charge in [0.05, 0.1) is 29.7 Å². The second kappa shape index (κ2) is 6.43. The van der Waals surface area contributed by atoms with E-state index in [0.717, 1.165) is 11.1 Å². The minimum absolute atomic E-state index is 0.000827. The molecule has 0 spiro atoms. The molecule has 1 aliphatic heterocycles. The van der Waals surface area contributed by atoms with Crippen LogP contribution < -0.4 is 0 Å². The van der Waals surface area contributed by atoms with Crippen LogP contribution in [0.2, 0.25) is 0 Å². The number of aliphatic hydroxyl groups is 1. The summed E-state index contributed by atoms with van der Waals surface area (Å²) in [5.74, 6) is -0.154. The van der Waals surface area contributed by atoms with E-state index in [1.165, 1.54) is 0 Å². The van der Waals surface area contributed by atoms with Gasteiger partial charge in [0.1, 0.15) is 0 Å². The molecule has 0 bridgehead atoms. The fourth-order valence-electron chi connectivity index (χ4n) is 3.32.